The molecule has 0 rings (SSSR count). The van der Waals surface area contributed by atoms with Gasteiger partial charge >= 0.3 is 6.09 Å². The molecular formula is C10H26N4O4. The van der Waals surface area contributed by atoms with Gasteiger partial charge in [0.15, 0.2) is 0 Å². The zero-order chi connectivity index (χ0) is 15.6. The topological polar surface area (TPSA) is 106 Å². The van der Waals surface area contributed by atoms with Crippen molar-refractivity contribution in [1.82, 2.24) is 10.2 Å². The van der Waals surface area contributed by atoms with E-state index in [1.165, 1.54) is 21.3 Å². The first-order chi connectivity index (χ1) is 8.35. The lowest BCUT2D eigenvalue weighted by atomic mass is 11.0. The van der Waals surface area contributed by atoms with E-state index in [9.17, 15) is 4.79 Å². The lowest BCUT2D eigenvalue weighted by Gasteiger charge is -1.90. The van der Waals surface area contributed by atoms with Crippen LogP contribution in [-0.4, -0.2) is 73.3 Å². The Hall–Kier alpha value is -1.83. The predicted octanol–water partition coefficient (Wildman–Crippen LogP) is -0.458. The molecule has 0 saturated heterocycles. The second-order valence-corrected chi connectivity index (χ2v) is 2.85. The van der Waals surface area contributed by atoms with Gasteiger partial charge in [0.2, 0.25) is 0 Å². The Morgan fingerprint density at radius 1 is 1.22 bits per heavy atom. The summed E-state index contributed by atoms with van der Waals surface area (Å²) >= 11 is 0. The van der Waals surface area contributed by atoms with E-state index in [-0.39, 0.29) is 6.02 Å². The highest BCUT2D eigenvalue weighted by molar-refractivity contribution is 5.70. The Morgan fingerprint density at radius 2 is 1.56 bits per heavy atom. The van der Waals surface area contributed by atoms with E-state index < -0.39 is 6.09 Å². The van der Waals surface area contributed by atoms with Crippen LogP contribution < -0.4 is 11.1 Å². The summed E-state index contributed by atoms with van der Waals surface area (Å²) in [6, 6.07) is 0.218. The summed E-state index contributed by atoms with van der Waals surface area (Å²) in [6.45, 7) is 2.00. The van der Waals surface area contributed by atoms with Crippen LogP contribution in [0.1, 0.15) is 0 Å². The van der Waals surface area contributed by atoms with Gasteiger partial charge in [0, 0.05) is 14.1 Å². The van der Waals surface area contributed by atoms with Crippen LogP contribution >= 0.6 is 0 Å². The van der Waals surface area contributed by atoms with Gasteiger partial charge in [-0.2, -0.15) is 0 Å². The van der Waals surface area contributed by atoms with Gasteiger partial charge in [-0.1, -0.05) is 0 Å². The van der Waals surface area contributed by atoms with Crippen LogP contribution in [0.25, 0.3) is 0 Å². The minimum Gasteiger partial charge on any atom is -0.469 e. The molecule has 0 heterocycles. The van der Waals surface area contributed by atoms with Crippen molar-refractivity contribution >= 4 is 18.9 Å². The molecule has 8 heteroatoms. The Labute approximate surface area is 109 Å². The molecule has 0 radical (unpaired) electrons. The number of ether oxygens (including phenoxy) is 2. The highest BCUT2D eigenvalue weighted by Gasteiger charge is 1.85. The standard InChI is InChI=1S/C3H8N2O.C3H7NO2.C3H9N.CH2O/c1-5-3(4)6-2;1-4-3(5)6-2;1-4(2)3;1-2/h1-2H3,(H2,4,5);1-2H3,(H,4,5);1-3H3;1H2. The van der Waals surface area contributed by atoms with Crippen molar-refractivity contribution in [2.75, 3.05) is 49.5 Å². The minimum absolute atomic E-state index is 0.218. The third kappa shape index (κ3) is 64.6. The number of nitrogens with zero attached hydrogens (tertiary/aromatic N) is 2. The molecule has 0 aromatic heterocycles. The molecule has 0 atom stereocenters. The molecule has 110 valence electrons. The van der Waals surface area contributed by atoms with E-state index in [2.05, 4.69) is 19.8 Å². The van der Waals surface area contributed by atoms with E-state index in [0.717, 1.165) is 0 Å². The van der Waals surface area contributed by atoms with Crippen molar-refractivity contribution in [3.05, 3.63) is 0 Å². The first-order valence-corrected chi connectivity index (χ1v) is 4.77. The summed E-state index contributed by atoms with van der Waals surface area (Å²) in [5.74, 6) is 0. The molecule has 0 unspecified atom stereocenters. The third-order valence-corrected chi connectivity index (χ3v) is 0.819. The van der Waals surface area contributed by atoms with E-state index in [1.807, 2.05) is 32.8 Å². The second kappa shape index (κ2) is 24.4. The molecule has 0 saturated carbocycles. The van der Waals surface area contributed by atoms with Gasteiger partial charge in [0.05, 0.1) is 14.2 Å². The van der Waals surface area contributed by atoms with Crippen LogP contribution in [0.3, 0.4) is 0 Å². The van der Waals surface area contributed by atoms with Crippen molar-refractivity contribution in [2.24, 2.45) is 10.7 Å². The number of rotatable bonds is 0. The summed E-state index contributed by atoms with van der Waals surface area (Å²) in [6.07, 6.45) is -0.407. The van der Waals surface area contributed by atoms with Crippen molar-refractivity contribution < 1.29 is 19.1 Å². The number of hydrogen-bond acceptors (Lipinski definition) is 6. The fraction of sp³-hybridized carbons (Fsp3) is 0.700. The van der Waals surface area contributed by atoms with Crippen LogP contribution in [0.15, 0.2) is 4.99 Å². The van der Waals surface area contributed by atoms with Gasteiger partial charge in [0.1, 0.15) is 6.79 Å². The van der Waals surface area contributed by atoms with Crippen LogP contribution in [-0.2, 0) is 14.3 Å². The van der Waals surface area contributed by atoms with Crippen LogP contribution in [0, 0.1) is 0 Å². The first kappa shape index (κ1) is 25.1. The summed E-state index contributed by atoms with van der Waals surface area (Å²) in [4.78, 5) is 23.3. The quantitative estimate of drug-likeness (QED) is 0.454. The van der Waals surface area contributed by atoms with Crippen LogP contribution in [0.5, 0.6) is 0 Å². The van der Waals surface area contributed by atoms with Crippen LogP contribution in [0.2, 0.25) is 0 Å². The SMILES string of the molecule is C=O.CN(C)C.CN=C(N)OC.CNC(=O)OC. The lowest BCUT2D eigenvalue weighted by Crippen LogP contribution is -2.16. The zero-order valence-corrected chi connectivity index (χ0v) is 12.3. The van der Waals surface area contributed by atoms with Crippen molar-refractivity contribution in [3.8, 4) is 0 Å². The molecule has 0 aromatic carbocycles. The number of alkyl carbamates (subject to hydrolysis) is 1. The fourth-order valence-electron chi connectivity index (χ4n) is 0.193. The summed E-state index contributed by atoms with van der Waals surface area (Å²) in [7, 11) is 11.9. The predicted molar refractivity (Wildman–Crippen MR) is 72.8 cm³/mol. The lowest BCUT2D eigenvalue weighted by molar-refractivity contribution is -0.0979. The largest absolute Gasteiger partial charge is 0.469 e. The van der Waals surface area contributed by atoms with E-state index in [0.29, 0.717) is 0 Å². The fourth-order valence-corrected chi connectivity index (χ4v) is 0.193. The number of nitrogens with two attached hydrogens (primary N) is 1. The number of amides is 1. The molecule has 0 aliphatic heterocycles. The van der Waals surface area contributed by atoms with Gasteiger partial charge < -0.3 is 30.2 Å². The Morgan fingerprint density at radius 3 is 1.56 bits per heavy atom. The molecule has 0 bridgehead atoms. The molecule has 1 amide bonds. The first-order valence-electron chi connectivity index (χ1n) is 4.77. The summed E-state index contributed by atoms with van der Waals surface area (Å²) in [5, 5.41) is 2.25. The Kier molecular flexibility index (Phi) is 34.1. The zero-order valence-electron chi connectivity index (χ0n) is 12.3. The highest BCUT2D eigenvalue weighted by atomic mass is 16.5. The minimum atomic E-state index is -0.407. The molecule has 3 N–H and O–H groups in total. The van der Waals surface area contributed by atoms with Crippen LogP contribution in [0.4, 0.5) is 4.79 Å². The normalized spacial score (nSPS) is 8.33. The van der Waals surface area contributed by atoms with Gasteiger partial charge in [0.25, 0.3) is 6.02 Å². The van der Waals surface area contributed by atoms with Gasteiger partial charge in [-0.05, 0) is 21.1 Å². The van der Waals surface area contributed by atoms with E-state index in [1.54, 1.807) is 7.05 Å². The maximum atomic E-state index is 9.85. The molecule has 0 aliphatic carbocycles. The summed E-state index contributed by atoms with van der Waals surface area (Å²) < 4.78 is 8.58. The maximum Gasteiger partial charge on any atom is 0.406 e. The smallest absolute Gasteiger partial charge is 0.406 e. The average molecular weight is 266 g/mol. The molecule has 0 spiro atoms. The number of nitrogens with one attached hydrogen (secondary N) is 1. The van der Waals surface area contributed by atoms with Crippen molar-refractivity contribution in [3.63, 3.8) is 0 Å². The molecular weight excluding hydrogens is 240 g/mol. The molecule has 18 heavy (non-hydrogen) atoms. The Balaban J connectivity index is -0.0000000777. The van der Waals surface area contributed by atoms with E-state index in [4.69, 9.17) is 10.5 Å². The number of aliphatic imine (C=N–C) groups is 1. The molecule has 0 fully saturated rings. The molecule has 8 nitrogen and oxygen atoms in total. The monoisotopic (exact) mass is 266 g/mol. The maximum absolute atomic E-state index is 9.85. The number of hydrogen-bond donors (Lipinski definition) is 2. The van der Waals surface area contributed by atoms with Gasteiger partial charge in [-0.3, -0.25) is 0 Å². The second-order valence-electron chi connectivity index (χ2n) is 2.85. The average Bonchev–Trinajstić information content (AvgIpc) is 2.39. The van der Waals surface area contributed by atoms with Crippen molar-refractivity contribution in [1.29, 1.82) is 0 Å². The number of carbonyl (C=O) groups is 2. The van der Waals surface area contributed by atoms with Gasteiger partial charge in [-0.25, -0.2) is 9.79 Å². The highest BCUT2D eigenvalue weighted by Crippen LogP contribution is 1.62. The number of amidine groups is 1. The van der Waals surface area contributed by atoms with E-state index >= 15 is 0 Å². The number of methoxy groups -OCH3 is 2. The summed E-state index contributed by atoms with van der Waals surface area (Å²) in [5.41, 5.74) is 5.00. The van der Waals surface area contributed by atoms with Crippen molar-refractivity contribution in [2.45, 2.75) is 0 Å². The van der Waals surface area contributed by atoms with Gasteiger partial charge in [-0.15, -0.1) is 0 Å². The molecule has 0 aromatic rings. The number of carbonyl (C=O) groups excluding carboxylic acids is 2. The molecule has 0 aliphatic rings. The third-order valence-electron chi connectivity index (χ3n) is 0.819. The Bertz CT molecular complexity index is 190.